The fourth-order valence-electron chi connectivity index (χ4n) is 1.16. The second-order valence-electron chi connectivity index (χ2n) is 3.05. The van der Waals surface area contributed by atoms with Crippen LogP contribution in [0.3, 0.4) is 0 Å². The molecule has 0 heterocycles. The molecule has 0 bridgehead atoms. The average molecular weight is 256 g/mol. The van der Waals surface area contributed by atoms with E-state index in [0.29, 0.717) is 19.8 Å². The summed E-state index contributed by atoms with van der Waals surface area (Å²) in [5.74, 6) is 7.35. The Labute approximate surface area is 109 Å². The summed E-state index contributed by atoms with van der Waals surface area (Å²) in [6.45, 7) is 3.64. The number of benzene rings is 1. The molecule has 0 radical (unpaired) electrons. The van der Waals surface area contributed by atoms with E-state index in [4.69, 9.17) is 9.47 Å². The molecule has 1 aromatic carbocycles. The minimum atomic E-state index is 0. The van der Waals surface area contributed by atoms with Crippen molar-refractivity contribution in [1.29, 1.82) is 0 Å². The third kappa shape index (κ3) is 6.06. The summed E-state index contributed by atoms with van der Waals surface area (Å²) in [5, 5.41) is 2.94. The van der Waals surface area contributed by atoms with Gasteiger partial charge in [0.2, 0.25) is 0 Å². The van der Waals surface area contributed by atoms with Crippen molar-refractivity contribution < 1.29 is 9.47 Å². The highest BCUT2D eigenvalue weighted by atomic mass is 35.5. The maximum Gasteiger partial charge on any atom is 0.162 e. The normalized spacial score (nSPS) is 8.59. The van der Waals surface area contributed by atoms with Gasteiger partial charge in [-0.3, -0.25) is 0 Å². The van der Waals surface area contributed by atoms with Crippen LogP contribution in [0.5, 0.6) is 11.5 Å². The van der Waals surface area contributed by atoms with Crippen LogP contribution in [0, 0.1) is 11.8 Å². The Balaban J connectivity index is 0.00000256. The van der Waals surface area contributed by atoms with Crippen LogP contribution in [0.1, 0.15) is 6.92 Å². The molecule has 0 aromatic heterocycles. The van der Waals surface area contributed by atoms with E-state index in [9.17, 15) is 0 Å². The second kappa shape index (κ2) is 9.83. The molecule has 1 rings (SSSR count). The molecule has 0 atom stereocenters. The first kappa shape index (κ1) is 15.6. The summed E-state index contributed by atoms with van der Waals surface area (Å²) < 4.78 is 10.9. The first-order chi connectivity index (χ1) is 7.88. The first-order valence-electron chi connectivity index (χ1n) is 5.33. The van der Waals surface area contributed by atoms with E-state index >= 15 is 0 Å². The van der Waals surface area contributed by atoms with Gasteiger partial charge in [0.25, 0.3) is 0 Å². The van der Waals surface area contributed by atoms with Crippen molar-refractivity contribution >= 4 is 12.4 Å². The van der Waals surface area contributed by atoms with E-state index in [-0.39, 0.29) is 12.4 Å². The van der Waals surface area contributed by atoms with Gasteiger partial charge in [0.1, 0.15) is 6.61 Å². The van der Waals surface area contributed by atoms with Crippen molar-refractivity contribution in [1.82, 2.24) is 5.32 Å². The molecular formula is C13H18ClNO2. The fraction of sp³-hybridized carbons (Fsp3) is 0.385. The van der Waals surface area contributed by atoms with Gasteiger partial charge in [-0.25, -0.2) is 0 Å². The van der Waals surface area contributed by atoms with Crippen LogP contribution in [-0.2, 0) is 0 Å². The number of ether oxygens (including phenoxy) is 2. The quantitative estimate of drug-likeness (QED) is 0.818. The summed E-state index contributed by atoms with van der Waals surface area (Å²) >= 11 is 0. The SMILES string of the molecule is CCOc1ccccc1OCC#CCNC.Cl. The zero-order chi connectivity index (χ0) is 11.6. The predicted octanol–water partition coefficient (Wildman–Crippen LogP) is 2.11. The Hall–Kier alpha value is -1.37. The lowest BCUT2D eigenvalue weighted by Gasteiger charge is -2.09. The molecule has 0 aliphatic carbocycles. The Morgan fingerprint density at radius 2 is 1.76 bits per heavy atom. The van der Waals surface area contributed by atoms with Crippen LogP contribution < -0.4 is 14.8 Å². The van der Waals surface area contributed by atoms with Gasteiger partial charge in [0.15, 0.2) is 11.5 Å². The van der Waals surface area contributed by atoms with Crippen LogP contribution in [0.15, 0.2) is 24.3 Å². The minimum Gasteiger partial charge on any atom is -0.490 e. The Morgan fingerprint density at radius 1 is 1.12 bits per heavy atom. The van der Waals surface area contributed by atoms with Gasteiger partial charge in [0.05, 0.1) is 13.2 Å². The van der Waals surface area contributed by atoms with Gasteiger partial charge >= 0.3 is 0 Å². The van der Waals surface area contributed by atoms with Crippen molar-refractivity contribution in [3.05, 3.63) is 24.3 Å². The lowest BCUT2D eigenvalue weighted by molar-refractivity contribution is 0.299. The van der Waals surface area contributed by atoms with E-state index in [1.54, 1.807) is 0 Å². The number of rotatable bonds is 5. The van der Waals surface area contributed by atoms with Crippen LogP contribution in [0.4, 0.5) is 0 Å². The van der Waals surface area contributed by atoms with E-state index in [2.05, 4.69) is 17.2 Å². The highest BCUT2D eigenvalue weighted by Crippen LogP contribution is 2.25. The smallest absolute Gasteiger partial charge is 0.162 e. The van der Waals surface area contributed by atoms with Crippen molar-refractivity contribution in [3.63, 3.8) is 0 Å². The molecule has 17 heavy (non-hydrogen) atoms. The molecule has 0 fully saturated rings. The molecule has 0 saturated carbocycles. The number of hydrogen-bond donors (Lipinski definition) is 1. The van der Waals surface area contributed by atoms with Crippen LogP contribution >= 0.6 is 12.4 Å². The zero-order valence-corrected chi connectivity index (χ0v) is 11.0. The van der Waals surface area contributed by atoms with Crippen LogP contribution in [0.25, 0.3) is 0 Å². The molecule has 0 saturated heterocycles. The average Bonchev–Trinajstić information content (AvgIpc) is 2.31. The van der Waals surface area contributed by atoms with Crippen molar-refractivity contribution in [3.8, 4) is 23.3 Å². The Kier molecular flexibility index (Phi) is 9.04. The van der Waals surface area contributed by atoms with Gasteiger partial charge in [-0.1, -0.05) is 24.0 Å². The molecule has 3 nitrogen and oxygen atoms in total. The molecule has 1 N–H and O–H groups in total. The molecule has 0 spiro atoms. The number of hydrogen-bond acceptors (Lipinski definition) is 3. The largest absolute Gasteiger partial charge is 0.490 e. The fourth-order valence-corrected chi connectivity index (χ4v) is 1.16. The third-order valence-electron chi connectivity index (χ3n) is 1.84. The summed E-state index contributed by atoms with van der Waals surface area (Å²) in [5.41, 5.74) is 0. The molecule has 0 amide bonds. The Bertz CT molecular complexity index is 371. The molecular weight excluding hydrogens is 238 g/mol. The maximum absolute atomic E-state index is 5.51. The first-order valence-corrected chi connectivity index (χ1v) is 5.33. The molecule has 0 aliphatic heterocycles. The van der Waals surface area contributed by atoms with E-state index in [0.717, 1.165) is 11.5 Å². The summed E-state index contributed by atoms with van der Waals surface area (Å²) in [7, 11) is 1.86. The number of halogens is 1. The third-order valence-corrected chi connectivity index (χ3v) is 1.84. The molecule has 4 heteroatoms. The molecule has 1 aromatic rings. The van der Waals surface area contributed by atoms with Crippen molar-refractivity contribution in [2.75, 3.05) is 26.8 Å². The van der Waals surface area contributed by atoms with E-state index in [1.807, 2.05) is 38.2 Å². The maximum atomic E-state index is 5.51. The lowest BCUT2D eigenvalue weighted by atomic mass is 10.3. The molecule has 0 aliphatic rings. The van der Waals surface area contributed by atoms with E-state index < -0.39 is 0 Å². The van der Waals surface area contributed by atoms with Crippen LogP contribution in [-0.4, -0.2) is 26.8 Å². The van der Waals surface area contributed by atoms with Gasteiger partial charge in [-0.2, -0.15) is 0 Å². The van der Waals surface area contributed by atoms with Crippen molar-refractivity contribution in [2.24, 2.45) is 0 Å². The molecule has 0 unspecified atom stereocenters. The van der Waals surface area contributed by atoms with E-state index in [1.165, 1.54) is 0 Å². The lowest BCUT2D eigenvalue weighted by Crippen LogP contribution is -2.05. The summed E-state index contributed by atoms with van der Waals surface area (Å²) in [6.07, 6.45) is 0. The number of para-hydroxylation sites is 2. The number of nitrogens with one attached hydrogen (secondary N) is 1. The van der Waals surface area contributed by atoms with Gasteiger partial charge in [-0.15, -0.1) is 12.4 Å². The molecule has 94 valence electrons. The zero-order valence-electron chi connectivity index (χ0n) is 10.2. The van der Waals surface area contributed by atoms with Gasteiger partial charge in [0, 0.05) is 0 Å². The highest BCUT2D eigenvalue weighted by molar-refractivity contribution is 5.85. The minimum absolute atomic E-state index is 0. The van der Waals surface area contributed by atoms with Gasteiger partial charge < -0.3 is 14.8 Å². The Morgan fingerprint density at radius 3 is 2.35 bits per heavy atom. The monoisotopic (exact) mass is 255 g/mol. The second-order valence-corrected chi connectivity index (χ2v) is 3.05. The topological polar surface area (TPSA) is 30.5 Å². The summed E-state index contributed by atoms with van der Waals surface area (Å²) in [6, 6.07) is 7.61. The standard InChI is InChI=1S/C13H17NO2.ClH/c1-3-15-12-8-4-5-9-13(12)16-11-7-6-10-14-2;/h4-5,8-9,14H,3,10-11H2,1-2H3;1H. The van der Waals surface area contributed by atoms with Crippen LogP contribution in [0.2, 0.25) is 0 Å². The summed E-state index contributed by atoms with van der Waals surface area (Å²) in [4.78, 5) is 0. The van der Waals surface area contributed by atoms with Gasteiger partial charge in [-0.05, 0) is 26.1 Å². The predicted molar refractivity (Wildman–Crippen MR) is 72.1 cm³/mol. The van der Waals surface area contributed by atoms with Crippen molar-refractivity contribution in [2.45, 2.75) is 6.92 Å². The highest BCUT2D eigenvalue weighted by Gasteiger charge is 2.01.